The van der Waals surface area contributed by atoms with Gasteiger partial charge in [-0.2, -0.15) is 0 Å². The number of halogens is 2. The van der Waals surface area contributed by atoms with E-state index in [0.717, 1.165) is 18.4 Å². The Morgan fingerprint density at radius 2 is 2.25 bits per heavy atom. The summed E-state index contributed by atoms with van der Waals surface area (Å²) in [7, 11) is 0. The highest BCUT2D eigenvalue weighted by atomic mass is 35.5. The summed E-state index contributed by atoms with van der Waals surface area (Å²) in [4.78, 5) is 11.0. The maximum atomic E-state index is 12.9. The summed E-state index contributed by atoms with van der Waals surface area (Å²) < 4.78 is 12.9. The molecular weight excluding hydrogens is 229 g/mol. The van der Waals surface area contributed by atoms with Gasteiger partial charge in [0.15, 0.2) is 0 Å². The van der Waals surface area contributed by atoms with Gasteiger partial charge in [-0.15, -0.1) is 0 Å². The minimum atomic E-state index is -0.329. The maximum Gasteiger partial charge on any atom is 0.217 e. The summed E-state index contributed by atoms with van der Waals surface area (Å²) in [6.07, 6.45) is 1.94. The first-order chi connectivity index (χ1) is 7.58. The van der Waals surface area contributed by atoms with E-state index in [4.69, 9.17) is 11.6 Å². The van der Waals surface area contributed by atoms with Gasteiger partial charge in [-0.3, -0.25) is 4.79 Å². The molecule has 1 aromatic carbocycles. The van der Waals surface area contributed by atoms with Crippen LogP contribution < -0.4 is 5.32 Å². The van der Waals surface area contributed by atoms with Crippen molar-refractivity contribution in [2.24, 2.45) is 0 Å². The minimum Gasteiger partial charge on any atom is -0.353 e. The summed E-state index contributed by atoms with van der Waals surface area (Å²) in [6.45, 7) is 1.50. The molecule has 0 aliphatic heterocycles. The lowest BCUT2D eigenvalue weighted by atomic mass is 9.75. The zero-order valence-corrected chi connectivity index (χ0v) is 9.72. The number of carbonyl (C=O) groups is 1. The first kappa shape index (κ1) is 11.4. The van der Waals surface area contributed by atoms with E-state index in [1.807, 2.05) is 0 Å². The second kappa shape index (κ2) is 4.42. The highest BCUT2D eigenvalue weighted by Crippen LogP contribution is 2.40. The highest BCUT2D eigenvalue weighted by molar-refractivity contribution is 6.31. The van der Waals surface area contributed by atoms with Gasteiger partial charge < -0.3 is 5.32 Å². The number of hydrogen-bond donors (Lipinski definition) is 1. The topological polar surface area (TPSA) is 29.1 Å². The monoisotopic (exact) mass is 241 g/mol. The summed E-state index contributed by atoms with van der Waals surface area (Å²) in [5.41, 5.74) is 0.924. The van der Waals surface area contributed by atoms with E-state index < -0.39 is 0 Å². The molecule has 86 valence electrons. The first-order valence-electron chi connectivity index (χ1n) is 5.30. The fraction of sp³-hybridized carbons (Fsp3) is 0.417. The van der Waals surface area contributed by atoms with Crippen LogP contribution in [0.1, 0.15) is 31.2 Å². The fourth-order valence-corrected chi connectivity index (χ4v) is 2.42. The molecule has 1 aliphatic carbocycles. The summed E-state index contributed by atoms with van der Waals surface area (Å²) in [5.74, 6) is -0.144. The van der Waals surface area contributed by atoms with Crippen LogP contribution in [0, 0.1) is 5.82 Å². The van der Waals surface area contributed by atoms with E-state index in [1.165, 1.54) is 19.1 Å². The normalized spacial score (nSPS) is 23.7. The Morgan fingerprint density at radius 1 is 1.50 bits per heavy atom. The first-order valence-corrected chi connectivity index (χ1v) is 5.68. The SMILES string of the molecule is CC(=O)N[C@H]1CC[C@H]1c1ccc(F)cc1Cl. The molecule has 0 radical (unpaired) electrons. The molecule has 1 aliphatic rings. The van der Waals surface area contributed by atoms with Gasteiger partial charge in [-0.1, -0.05) is 17.7 Å². The van der Waals surface area contributed by atoms with Crippen LogP contribution in [0.3, 0.4) is 0 Å². The lowest BCUT2D eigenvalue weighted by Gasteiger charge is -2.37. The molecule has 0 unspecified atom stereocenters. The summed E-state index contributed by atoms with van der Waals surface area (Å²) in [5, 5.41) is 3.32. The molecule has 0 bridgehead atoms. The van der Waals surface area contributed by atoms with Gasteiger partial charge in [-0.05, 0) is 30.5 Å². The molecule has 0 spiro atoms. The third kappa shape index (κ3) is 2.19. The predicted molar refractivity (Wildman–Crippen MR) is 61.0 cm³/mol. The van der Waals surface area contributed by atoms with Gasteiger partial charge in [-0.25, -0.2) is 4.39 Å². The van der Waals surface area contributed by atoms with Crippen molar-refractivity contribution in [3.05, 3.63) is 34.6 Å². The molecule has 2 atom stereocenters. The quantitative estimate of drug-likeness (QED) is 0.848. The van der Waals surface area contributed by atoms with E-state index in [2.05, 4.69) is 5.32 Å². The van der Waals surface area contributed by atoms with Crippen molar-refractivity contribution in [1.29, 1.82) is 0 Å². The molecule has 0 aromatic heterocycles. The smallest absolute Gasteiger partial charge is 0.217 e. The van der Waals surface area contributed by atoms with Crippen molar-refractivity contribution >= 4 is 17.5 Å². The Bertz CT molecular complexity index is 421. The molecule has 0 saturated heterocycles. The second-order valence-corrected chi connectivity index (χ2v) is 4.56. The number of carbonyl (C=O) groups excluding carboxylic acids is 1. The van der Waals surface area contributed by atoms with Gasteiger partial charge in [0, 0.05) is 23.9 Å². The van der Waals surface area contributed by atoms with Gasteiger partial charge in [0.1, 0.15) is 5.82 Å². The van der Waals surface area contributed by atoms with Crippen molar-refractivity contribution in [3.63, 3.8) is 0 Å². The minimum absolute atomic E-state index is 0.0343. The molecule has 4 heteroatoms. The van der Waals surface area contributed by atoms with Crippen LogP contribution in [0.15, 0.2) is 18.2 Å². The second-order valence-electron chi connectivity index (χ2n) is 4.16. The predicted octanol–water partition coefficient (Wildman–Crippen LogP) is 2.86. The van der Waals surface area contributed by atoms with Gasteiger partial charge >= 0.3 is 0 Å². The van der Waals surface area contributed by atoms with Gasteiger partial charge in [0.05, 0.1) is 0 Å². The molecular formula is C12H13ClFNO. The number of nitrogens with one attached hydrogen (secondary N) is 1. The lowest BCUT2D eigenvalue weighted by Crippen LogP contribution is -2.44. The van der Waals surface area contributed by atoms with Crippen molar-refractivity contribution in [1.82, 2.24) is 5.32 Å². The van der Waals surface area contributed by atoms with Crippen molar-refractivity contribution in [2.45, 2.75) is 31.7 Å². The molecule has 16 heavy (non-hydrogen) atoms. The van der Waals surface area contributed by atoms with Crippen LogP contribution in [0.25, 0.3) is 0 Å². The molecule has 2 rings (SSSR count). The molecule has 1 saturated carbocycles. The zero-order valence-electron chi connectivity index (χ0n) is 8.97. The number of amides is 1. The molecule has 1 amide bonds. The molecule has 1 aromatic rings. The standard InChI is InChI=1S/C12H13ClFNO/c1-7(16)15-12-5-4-10(12)9-3-2-8(14)6-11(9)13/h2-3,6,10,12H,4-5H2,1H3,(H,15,16)/t10-,12-/m0/s1. The molecule has 1 N–H and O–H groups in total. The van der Waals surface area contributed by atoms with Crippen molar-refractivity contribution in [3.8, 4) is 0 Å². The van der Waals surface area contributed by atoms with E-state index in [0.29, 0.717) is 5.02 Å². The van der Waals surface area contributed by atoms with Gasteiger partial charge in [0.2, 0.25) is 5.91 Å². The highest BCUT2D eigenvalue weighted by Gasteiger charge is 2.33. The van der Waals surface area contributed by atoms with E-state index in [9.17, 15) is 9.18 Å². The van der Waals surface area contributed by atoms with Crippen LogP contribution in [-0.2, 0) is 4.79 Å². The Kier molecular flexibility index (Phi) is 3.15. The van der Waals surface area contributed by atoms with Crippen molar-refractivity contribution in [2.75, 3.05) is 0 Å². The van der Waals surface area contributed by atoms with Crippen LogP contribution in [0.4, 0.5) is 4.39 Å². The maximum absolute atomic E-state index is 12.9. The lowest BCUT2D eigenvalue weighted by molar-refractivity contribution is -0.120. The van der Waals surface area contributed by atoms with Crippen LogP contribution in [-0.4, -0.2) is 11.9 Å². The number of benzene rings is 1. The van der Waals surface area contributed by atoms with Crippen LogP contribution >= 0.6 is 11.6 Å². The fourth-order valence-electron chi connectivity index (χ4n) is 2.11. The Labute approximate surface area is 98.8 Å². The third-order valence-corrected chi connectivity index (χ3v) is 3.35. The van der Waals surface area contributed by atoms with Crippen LogP contribution in [0.2, 0.25) is 5.02 Å². The van der Waals surface area contributed by atoms with E-state index in [-0.39, 0.29) is 23.7 Å². The summed E-state index contributed by atoms with van der Waals surface area (Å²) >= 11 is 5.99. The van der Waals surface area contributed by atoms with Crippen LogP contribution in [0.5, 0.6) is 0 Å². The average Bonchev–Trinajstić information content (AvgIpc) is 2.17. The van der Waals surface area contributed by atoms with E-state index >= 15 is 0 Å². The molecule has 0 heterocycles. The number of rotatable bonds is 2. The Morgan fingerprint density at radius 3 is 2.75 bits per heavy atom. The Balaban J connectivity index is 2.15. The van der Waals surface area contributed by atoms with Crippen molar-refractivity contribution < 1.29 is 9.18 Å². The third-order valence-electron chi connectivity index (χ3n) is 3.03. The molecule has 1 fully saturated rings. The average molecular weight is 242 g/mol. The Hall–Kier alpha value is -1.09. The zero-order chi connectivity index (χ0) is 11.7. The van der Waals surface area contributed by atoms with Gasteiger partial charge in [0.25, 0.3) is 0 Å². The molecule has 2 nitrogen and oxygen atoms in total. The van der Waals surface area contributed by atoms with E-state index in [1.54, 1.807) is 6.07 Å². The largest absolute Gasteiger partial charge is 0.353 e. The number of hydrogen-bond acceptors (Lipinski definition) is 1. The summed E-state index contributed by atoms with van der Waals surface area (Å²) in [6, 6.07) is 4.57.